The smallest absolute Gasteiger partial charge is 0.0447 e. The predicted molar refractivity (Wildman–Crippen MR) is 53.4 cm³/mol. The second-order valence-corrected chi connectivity index (χ2v) is 3.54. The quantitative estimate of drug-likeness (QED) is 0.680. The molecule has 1 unspecified atom stereocenters. The minimum absolute atomic E-state index is 0.628. The topological polar surface area (TPSA) is 16.1 Å². The van der Waals surface area contributed by atoms with E-state index >= 15 is 0 Å². The normalized spacial score (nSPS) is 23.6. The maximum absolute atomic E-state index is 4.38. The summed E-state index contributed by atoms with van der Waals surface area (Å²) in [6, 6.07) is 6.16. The number of hydrogen-bond donors (Lipinski definition) is 0. The summed E-state index contributed by atoms with van der Waals surface area (Å²) < 4.78 is 0. The van der Waals surface area contributed by atoms with Gasteiger partial charge in [0.05, 0.1) is 0 Å². The van der Waals surface area contributed by atoms with Crippen molar-refractivity contribution in [3.8, 4) is 0 Å². The van der Waals surface area contributed by atoms with Crippen LogP contribution in [0.2, 0.25) is 0 Å². The summed E-state index contributed by atoms with van der Waals surface area (Å²) in [5.41, 5.74) is 1.23. The highest BCUT2D eigenvalue weighted by Gasteiger charge is 2.22. The lowest BCUT2D eigenvalue weighted by Crippen LogP contribution is -2.19. The Kier molecular flexibility index (Phi) is 2.60. The Balaban J connectivity index is 2.04. The number of hydrogen-bond acceptors (Lipinski definition) is 2. The maximum Gasteiger partial charge on any atom is 0.0447 e. The van der Waals surface area contributed by atoms with E-state index in [1.165, 1.54) is 18.7 Å². The average Bonchev–Trinajstić information content (AvgIpc) is 2.67. The van der Waals surface area contributed by atoms with Crippen LogP contribution in [0.15, 0.2) is 24.4 Å². The van der Waals surface area contributed by atoms with Crippen molar-refractivity contribution in [3.63, 3.8) is 0 Å². The molecule has 1 radical (unpaired) electrons. The summed E-state index contributed by atoms with van der Waals surface area (Å²) in [5, 5.41) is 0. The Bertz CT molecular complexity index is 258. The largest absolute Gasteiger partial charge is 0.303 e. The molecule has 13 heavy (non-hydrogen) atoms. The van der Waals surface area contributed by atoms with E-state index in [9.17, 15) is 0 Å². The molecule has 1 aliphatic heterocycles. The lowest BCUT2D eigenvalue weighted by molar-refractivity contribution is 0.370. The average molecular weight is 175 g/mol. The zero-order valence-corrected chi connectivity index (χ0v) is 7.82. The van der Waals surface area contributed by atoms with Crippen molar-refractivity contribution < 1.29 is 0 Å². The molecule has 69 valence electrons. The molecule has 2 heterocycles. The van der Waals surface area contributed by atoms with Crippen molar-refractivity contribution >= 4 is 0 Å². The first kappa shape index (κ1) is 8.70. The van der Waals surface area contributed by atoms with Crippen LogP contribution in [0.5, 0.6) is 0 Å². The third-order valence-corrected chi connectivity index (χ3v) is 2.69. The molecule has 1 saturated heterocycles. The maximum atomic E-state index is 4.38. The fourth-order valence-electron chi connectivity index (χ4n) is 1.89. The van der Waals surface area contributed by atoms with Gasteiger partial charge in [-0.05, 0) is 38.6 Å². The van der Waals surface area contributed by atoms with Crippen LogP contribution in [0.25, 0.3) is 0 Å². The van der Waals surface area contributed by atoms with E-state index in [4.69, 9.17) is 0 Å². The fourth-order valence-corrected chi connectivity index (χ4v) is 1.89. The molecular formula is C11H15N2. The number of likely N-dealkylation sites (tertiary alicyclic amines) is 1. The van der Waals surface area contributed by atoms with E-state index in [1.807, 2.05) is 12.3 Å². The lowest BCUT2D eigenvalue weighted by Gasteiger charge is -2.12. The molecule has 2 rings (SSSR count). The molecule has 1 aliphatic rings. The van der Waals surface area contributed by atoms with Crippen molar-refractivity contribution in [1.82, 2.24) is 9.88 Å². The third-order valence-electron chi connectivity index (χ3n) is 2.69. The highest BCUT2D eigenvalue weighted by atomic mass is 15.1. The van der Waals surface area contributed by atoms with Gasteiger partial charge in [0.2, 0.25) is 0 Å². The summed E-state index contributed by atoms with van der Waals surface area (Å²) in [6.45, 7) is 7.12. The van der Waals surface area contributed by atoms with Gasteiger partial charge in [-0.15, -0.1) is 0 Å². The number of nitrogens with zero attached hydrogens (tertiary/aromatic N) is 2. The van der Waals surface area contributed by atoms with Crippen LogP contribution < -0.4 is 0 Å². The zero-order chi connectivity index (χ0) is 9.10. The predicted octanol–water partition coefficient (Wildman–Crippen LogP) is 1.70. The molecule has 2 heteroatoms. The molecule has 1 fully saturated rings. The van der Waals surface area contributed by atoms with Gasteiger partial charge in [-0.3, -0.25) is 4.98 Å². The van der Waals surface area contributed by atoms with Gasteiger partial charge >= 0.3 is 0 Å². The summed E-state index contributed by atoms with van der Waals surface area (Å²) in [4.78, 5) is 6.76. The Morgan fingerprint density at radius 3 is 3.08 bits per heavy atom. The Morgan fingerprint density at radius 2 is 2.46 bits per heavy atom. The molecule has 0 saturated carbocycles. The van der Waals surface area contributed by atoms with Gasteiger partial charge < -0.3 is 4.90 Å². The molecule has 2 nitrogen and oxygen atoms in total. The van der Waals surface area contributed by atoms with E-state index < -0.39 is 0 Å². The number of rotatable bonds is 2. The Labute approximate surface area is 79.6 Å². The van der Waals surface area contributed by atoms with Crippen molar-refractivity contribution in [1.29, 1.82) is 0 Å². The summed E-state index contributed by atoms with van der Waals surface area (Å²) >= 11 is 0. The first-order valence-electron chi connectivity index (χ1n) is 4.82. The van der Waals surface area contributed by atoms with Crippen LogP contribution in [-0.4, -0.2) is 29.5 Å². The minimum Gasteiger partial charge on any atom is -0.303 e. The second kappa shape index (κ2) is 3.88. The first-order chi connectivity index (χ1) is 6.40. The van der Waals surface area contributed by atoms with Gasteiger partial charge in [-0.25, -0.2) is 0 Å². The van der Waals surface area contributed by atoms with Crippen LogP contribution in [-0.2, 0) is 0 Å². The van der Waals surface area contributed by atoms with E-state index in [1.54, 1.807) is 0 Å². The van der Waals surface area contributed by atoms with E-state index in [0.717, 1.165) is 13.1 Å². The third kappa shape index (κ3) is 1.89. The molecule has 0 aromatic carbocycles. The minimum atomic E-state index is 0.628. The van der Waals surface area contributed by atoms with Crippen LogP contribution in [0.4, 0.5) is 0 Å². The van der Waals surface area contributed by atoms with Crippen LogP contribution in [0, 0.1) is 6.92 Å². The molecule has 1 aromatic rings. The van der Waals surface area contributed by atoms with Crippen LogP contribution in [0.1, 0.15) is 18.0 Å². The van der Waals surface area contributed by atoms with Gasteiger partial charge in [-0.2, -0.15) is 0 Å². The molecule has 1 atom stereocenters. The van der Waals surface area contributed by atoms with Crippen molar-refractivity contribution in [2.24, 2.45) is 0 Å². The molecule has 0 amide bonds. The number of pyridine rings is 1. The second-order valence-electron chi connectivity index (χ2n) is 3.54. The van der Waals surface area contributed by atoms with E-state index in [0.29, 0.717) is 5.92 Å². The van der Waals surface area contributed by atoms with Gasteiger partial charge in [0.25, 0.3) is 0 Å². The van der Waals surface area contributed by atoms with Gasteiger partial charge in [-0.1, -0.05) is 6.07 Å². The van der Waals surface area contributed by atoms with Crippen molar-refractivity contribution in [2.45, 2.75) is 12.3 Å². The van der Waals surface area contributed by atoms with E-state index in [2.05, 4.69) is 28.9 Å². The van der Waals surface area contributed by atoms with Gasteiger partial charge in [0.1, 0.15) is 0 Å². The van der Waals surface area contributed by atoms with Crippen LogP contribution >= 0.6 is 0 Å². The lowest BCUT2D eigenvalue weighted by atomic mass is 10.0. The standard InChI is InChI=1S/C11H15N2/c1-2-13-8-6-10(9-13)11-5-3-4-7-12-11/h3-5,7,10H,1-2,6,8-9H2. The van der Waals surface area contributed by atoms with Gasteiger partial charge in [0.15, 0.2) is 0 Å². The Hall–Kier alpha value is -0.890. The molecular weight excluding hydrogens is 160 g/mol. The zero-order valence-electron chi connectivity index (χ0n) is 7.82. The van der Waals surface area contributed by atoms with E-state index in [-0.39, 0.29) is 0 Å². The van der Waals surface area contributed by atoms with Crippen LogP contribution in [0.3, 0.4) is 0 Å². The number of aromatic nitrogens is 1. The highest BCUT2D eigenvalue weighted by molar-refractivity contribution is 5.11. The molecule has 0 aliphatic carbocycles. The Morgan fingerprint density at radius 1 is 1.54 bits per heavy atom. The molecule has 1 aromatic heterocycles. The van der Waals surface area contributed by atoms with Gasteiger partial charge in [0, 0.05) is 24.4 Å². The molecule has 0 bridgehead atoms. The van der Waals surface area contributed by atoms with Crippen molar-refractivity contribution in [2.75, 3.05) is 19.6 Å². The molecule has 0 N–H and O–H groups in total. The summed E-state index contributed by atoms with van der Waals surface area (Å²) in [7, 11) is 0. The molecule has 0 spiro atoms. The monoisotopic (exact) mass is 175 g/mol. The highest BCUT2D eigenvalue weighted by Crippen LogP contribution is 2.24. The summed E-state index contributed by atoms with van der Waals surface area (Å²) in [6.07, 6.45) is 3.11. The summed E-state index contributed by atoms with van der Waals surface area (Å²) in [5.74, 6) is 0.628. The SMILES string of the molecule is [CH2]CN1CCC(c2ccccn2)C1. The fraction of sp³-hybridized carbons (Fsp3) is 0.455. The first-order valence-corrected chi connectivity index (χ1v) is 4.82. The van der Waals surface area contributed by atoms with Crippen molar-refractivity contribution in [3.05, 3.63) is 37.0 Å².